The quantitative estimate of drug-likeness (QED) is 0.0895. The zero-order chi connectivity index (χ0) is 31.6. The number of carboxylic acids is 3. The minimum atomic E-state index is -1.34. The molecule has 0 saturated carbocycles. The molecule has 0 heterocycles. The van der Waals surface area contributed by atoms with Crippen molar-refractivity contribution in [3.8, 4) is 44.9 Å². The largest absolute Gasteiger partial charge is 0.478 e. The first-order valence-electron chi connectivity index (χ1n) is 12.0. The van der Waals surface area contributed by atoms with E-state index < -0.39 is 17.9 Å². The van der Waals surface area contributed by atoms with E-state index in [1.807, 2.05) is 0 Å². The van der Waals surface area contributed by atoms with Crippen LogP contribution in [0.25, 0.3) is 33.4 Å². The van der Waals surface area contributed by atoms with Crippen molar-refractivity contribution >= 4 is 68.7 Å². The zero-order valence-electron chi connectivity index (χ0n) is 21.9. The Hall–Kier alpha value is -4.72. The number of hydrogen-bond donors (Lipinski definition) is 6. The second-order valence-electron chi connectivity index (χ2n) is 9.07. The van der Waals surface area contributed by atoms with Gasteiger partial charge in [0.05, 0.1) is 26.5 Å². The molecule has 13 heteroatoms. The molecular formula is C30H20O10S3. The van der Waals surface area contributed by atoms with Crippen LogP contribution in [0, 0.1) is 6.92 Å². The van der Waals surface area contributed by atoms with Crippen molar-refractivity contribution in [2.24, 2.45) is 0 Å². The molecule has 43 heavy (non-hydrogen) atoms. The first kappa shape index (κ1) is 31.2. The first-order valence-corrected chi connectivity index (χ1v) is 13.3. The number of ether oxygens (including phenoxy) is 2. The molecule has 0 spiro atoms. The molecule has 0 bridgehead atoms. The minimum absolute atomic E-state index is 0.0613. The summed E-state index contributed by atoms with van der Waals surface area (Å²) in [5, 5.41) is 29.3. The molecule has 0 unspecified atom stereocenters. The summed E-state index contributed by atoms with van der Waals surface area (Å²) in [5.74, 6) is -4.13. The van der Waals surface area contributed by atoms with Crippen LogP contribution in [0.3, 0.4) is 0 Å². The van der Waals surface area contributed by atoms with E-state index in [1.165, 1.54) is 30.3 Å². The van der Waals surface area contributed by atoms with Crippen molar-refractivity contribution in [1.82, 2.24) is 0 Å². The maximum atomic E-state index is 12.0. The van der Waals surface area contributed by atoms with Gasteiger partial charge >= 0.3 is 17.9 Å². The average Bonchev–Trinajstić information content (AvgIpc) is 2.96. The van der Waals surface area contributed by atoms with Crippen LogP contribution in [-0.4, -0.2) is 46.2 Å². The Bertz CT molecular complexity index is 1750. The van der Waals surface area contributed by atoms with E-state index in [4.69, 9.17) is 9.47 Å². The third-order valence-corrected chi connectivity index (χ3v) is 7.94. The zero-order valence-corrected chi connectivity index (χ0v) is 24.6. The summed E-state index contributed by atoms with van der Waals surface area (Å²) in [6, 6.07) is 13.5. The van der Waals surface area contributed by atoms with E-state index in [0.29, 0.717) is 27.8 Å². The fraction of sp³-hybridized carbons (Fsp3) is 0.0333. The molecular weight excluding hydrogens is 617 g/mol. The van der Waals surface area contributed by atoms with Crippen LogP contribution in [0.2, 0.25) is 0 Å². The molecule has 0 radical (unpaired) electrons. The van der Waals surface area contributed by atoms with Gasteiger partial charge in [0.1, 0.15) is 11.5 Å². The van der Waals surface area contributed by atoms with Crippen LogP contribution in [-0.2, 0) is 9.59 Å². The van der Waals surface area contributed by atoms with Gasteiger partial charge in [0.2, 0.25) is 0 Å². The van der Waals surface area contributed by atoms with Crippen molar-refractivity contribution in [2.75, 3.05) is 0 Å². The van der Waals surface area contributed by atoms with Crippen LogP contribution in [0.1, 0.15) is 36.6 Å². The highest BCUT2D eigenvalue weighted by Gasteiger charge is 2.20. The van der Waals surface area contributed by atoms with Gasteiger partial charge in [-0.25, -0.2) is 14.4 Å². The molecule has 3 N–H and O–H groups in total. The van der Waals surface area contributed by atoms with E-state index >= 15 is 0 Å². The summed E-state index contributed by atoms with van der Waals surface area (Å²) in [6.07, 6.45) is 0. The van der Waals surface area contributed by atoms with E-state index in [9.17, 15) is 39.3 Å². The van der Waals surface area contributed by atoms with E-state index in [1.54, 1.807) is 31.2 Å². The van der Waals surface area contributed by atoms with Gasteiger partial charge in [-0.2, -0.15) is 0 Å². The summed E-state index contributed by atoms with van der Waals surface area (Å²) in [4.78, 5) is 58.3. The fourth-order valence-corrected chi connectivity index (χ4v) is 5.17. The number of hydrogen-bond acceptors (Lipinski definition) is 10. The van der Waals surface area contributed by atoms with Gasteiger partial charge in [-0.15, -0.1) is 37.9 Å². The molecule has 218 valence electrons. The second-order valence-corrected chi connectivity index (χ2v) is 10.4. The standard InChI is InChI=1S/C30H20O10S3/c1-13-2-14(6-20(25(13)41)28(33)34)15-3-16(18-7-21(29(35)36)26(42)23(9-18)39-11-31)5-17(4-15)19-8-22(30(37)38)27(43)24(10-19)40-12-32/h2-12,41-43H,1H3,(H,33,34)(H,35,36)(H,37,38). The Morgan fingerprint density at radius 1 is 0.535 bits per heavy atom. The van der Waals surface area contributed by atoms with Gasteiger partial charge < -0.3 is 24.8 Å². The number of thiol groups is 3. The molecule has 4 rings (SSSR count). The number of benzene rings is 4. The molecule has 0 aliphatic carbocycles. The summed E-state index contributed by atoms with van der Waals surface area (Å²) < 4.78 is 9.94. The lowest BCUT2D eigenvalue weighted by molar-refractivity contribution is -0.121. The Kier molecular flexibility index (Phi) is 9.19. The SMILES string of the molecule is Cc1cc(-c2cc(-c3cc(OC=O)c(S)c(C(=O)O)c3)cc(-c3cc(OC=O)c(S)c(C(=O)O)c3)c2)cc(C(=O)O)c1S. The average molecular weight is 637 g/mol. The van der Waals surface area contributed by atoms with Gasteiger partial charge in [-0.3, -0.25) is 9.59 Å². The van der Waals surface area contributed by atoms with Gasteiger partial charge in [-0.05, 0) is 94.4 Å². The normalized spacial score (nSPS) is 10.6. The lowest BCUT2D eigenvalue weighted by Gasteiger charge is -2.16. The Morgan fingerprint density at radius 3 is 1.16 bits per heavy atom. The van der Waals surface area contributed by atoms with Gasteiger partial charge in [0.15, 0.2) is 0 Å². The first-order chi connectivity index (χ1) is 20.4. The van der Waals surface area contributed by atoms with Crippen molar-refractivity contribution in [3.05, 3.63) is 76.9 Å². The summed E-state index contributed by atoms with van der Waals surface area (Å²) in [6.45, 7) is 1.94. The lowest BCUT2D eigenvalue weighted by Crippen LogP contribution is -2.03. The van der Waals surface area contributed by atoms with E-state index in [2.05, 4.69) is 37.9 Å². The third kappa shape index (κ3) is 6.38. The summed E-state index contributed by atoms with van der Waals surface area (Å²) in [5.41, 5.74) is 2.22. The topological polar surface area (TPSA) is 164 Å². The number of carbonyl (C=O) groups is 5. The molecule has 4 aromatic carbocycles. The molecule has 0 atom stereocenters. The molecule has 0 aliphatic rings. The molecule has 0 amide bonds. The van der Waals surface area contributed by atoms with Gasteiger partial charge in [-0.1, -0.05) is 6.07 Å². The van der Waals surface area contributed by atoms with Crippen LogP contribution in [0.15, 0.2) is 69.3 Å². The van der Waals surface area contributed by atoms with Crippen molar-refractivity contribution in [2.45, 2.75) is 21.6 Å². The monoisotopic (exact) mass is 636 g/mol. The lowest BCUT2D eigenvalue weighted by atomic mass is 9.91. The maximum Gasteiger partial charge on any atom is 0.336 e. The molecule has 0 fully saturated rings. The van der Waals surface area contributed by atoms with Crippen molar-refractivity contribution in [1.29, 1.82) is 0 Å². The second kappa shape index (κ2) is 12.7. The highest BCUT2D eigenvalue weighted by atomic mass is 32.1. The highest BCUT2D eigenvalue weighted by molar-refractivity contribution is 7.80. The Balaban J connectivity index is 2.10. The van der Waals surface area contributed by atoms with Gasteiger partial charge in [0.25, 0.3) is 12.9 Å². The summed E-state index contributed by atoms with van der Waals surface area (Å²) in [7, 11) is 0. The molecule has 0 aliphatic heterocycles. The predicted octanol–water partition coefficient (Wildman–Crippen LogP) is 6.03. The molecule has 0 saturated heterocycles. The van der Waals surface area contributed by atoms with Crippen LogP contribution in [0.5, 0.6) is 11.5 Å². The Morgan fingerprint density at radius 2 is 0.837 bits per heavy atom. The van der Waals surface area contributed by atoms with Crippen molar-refractivity contribution < 1.29 is 48.8 Å². The number of aromatic carboxylic acids is 3. The Labute approximate surface area is 260 Å². The number of carboxylic acid groups (broad SMARTS) is 3. The van der Waals surface area contributed by atoms with Crippen LogP contribution in [0.4, 0.5) is 0 Å². The molecule has 0 aromatic heterocycles. The minimum Gasteiger partial charge on any atom is -0.478 e. The number of rotatable bonds is 10. The molecule has 4 aromatic rings. The summed E-state index contributed by atoms with van der Waals surface area (Å²) >= 11 is 12.7. The predicted molar refractivity (Wildman–Crippen MR) is 164 cm³/mol. The maximum absolute atomic E-state index is 12.0. The fourth-order valence-electron chi connectivity index (χ4n) is 4.40. The van der Waals surface area contributed by atoms with E-state index in [-0.39, 0.29) is 66.9 Å². The molecule has 10 nitrogen and oxygen atoms in total. The van der Waals surface area contributed by atoms with Crippen LogP contribution < -0.4 is 9.47 Å². The third-order valence-electron chi connectivity index (χ3n) is 6.42. The smallest absolute Gasteiger partial charge is 0.336 e. The van der Waals surface area contributed by atoms with Crippen molar-refractivity contribution in [3.63, 3.8) is 0 Å². The van der Waals surface area contributed by atoms with E-state index in [0.717, 1.165) is 0 Å². The number of aryl methyl sites for hydroxylation is 1. The van der Waals surface area contributed by atoms with Gasteiger partial charge in [0, 0.05) is 4.90 Å². The van der Waals surface area contributed by atoms with Crippen LogP contribution >= 0.6 is 37.9 Å². The number of carbonyl (C=O) groups excluding carboxylic acids is 2. The highest BCUT2D eigenvalue weighted by Crippen LogP contribution is 2.40.